The number of esters is 1. The van der Waals surface area contributed by atoms with Gasteiger partial charge in [0.1, 0.15) is 11.2 Å². The Kier molecular flexibility index (Phi) is 10.8. The average molecular weight is 601 g/mol. The highest BCUT2D eigenvalue weighted by Crippen LogP contribution is 2.21. The lowest BCUT2D eigenvalue weighted by Gasteiger charge is -2.42. The first-order valence-electron chi connectivity index (χ1n) is 14.3. The summed E-state index contributed by atoms with van der Waals surface area (Å²) in [5.41, 5.74) is -0.744. The first kappa shape index (κ1) is 33.4. The van der Waals surface area contributed by atoms with E-state index in [4.69, 9.17) is 14.2 Å². The van der Waals surface area contributed by atoms with Crippen molar-refractivity contribution in [2.24, 2.45) is 0 Å². The highest BCUT2D eigenvalue weighted by molar-refractivity contribution is 5.89. The zero-order chi connectivity index (χ0) is 31.9. The SMILES string of the molecule is CCOC(=O)c1cnc(N2CCN(c3ncc(CN(C(=O)OC(C)(C)C)C(=O)OC(C)(C)C)cn3)C[C@@H]2CN(C)C)nc1. The van der Waals surface area contributed by atoms with Crippen LogP contribution in [-0.4, -0.2) is 112 Å². The number of likely N-dealkylation sites (N-methyl/N-ethyl adjacent to an activating group) is 1. The summed E-state index contributed by atoms with van der Waals surface area (Å²) >= 11 is 0. The van der Waals surface area contributed by atoms with Crippen LogP contribution in [-0.2, 0) is 20.8 Å². The van der Waals surface area contributed by atoms with Gasteiger partial charge in [0, 0.05) is 56.5 Å². The third-order valence-electron chi connectivity index (χ3n) is 6.01. The van der Waals surface area contributed by atoms with Crippen molar-refractivity contribution in [3.63, 3.8) is 0 Å². The Hall–Kier alpha value is -4.07. The van der Waals surface area contributed by atoms with Gasteiger partial charge in [-0.3, -0.25) is 0 Å². The minimum absolute atomic E-state index is 0.00954. The fraction of sp³-hybridized carbons (Fsp3) is 0.621. The summed E-state index contributed by atoms with van der Waals surface area (Å²) in [6.07, 6.45) is 4.53. The monoisotopic (exact) mass is 600 g/mol. The number of piperazine rings is 1. The third kappa shape index (κ3) is 10.0. The van der Waals surface area contributed by atoms with Crippen LogP contribution in [0.3, 0.4) is 0 Å². The molecule has 14 nitrogen and oxygen atoms in total. The topological polar surface area (TPSA) is 143 Å². The van der Waals surface area contributed by atoms with E-state index in [1.807, 2.05) is 14.1 Å². The van der Waals surface area contributed by atoms with Crippen LogP contribution in [0, 0.1) is 0 Å². The number of imide groups is 1. The van der Waals surface area contributed by atoms with E-state index < -0.39 is 29.4 Å². The summed E-state index contributed by atoms with van der Waals surface area (Å²) in [5, 5.41) is 0. The van der Waals surface area contributed by atoms with E-state index in [0.29, 0.717) is 42.7 Å². The maximum absolute atomic E-state index is 12.9. The van der Waals surface area contributed by atoms with Crippen molar-refractivity contribution in [3.8, 4) is 0 Å². The summed E-state index contributed by atoms with van der Waals surface area (Å²) < 4.78 is 15.9. The normalized spacial score (nSPS) is 15.7. The molecule has 3 heterocycles. The number of carbonyl (C=O) groups excluding carboxylic acids is 3. The highest BCUT2D eigenvalue weighted by atomic mass is 16.6. The van der Waals surface area contributed by atoms with E-state index in [9.17, 15) is 14.4 Å². The van der Waals surface area contributed by atoms with Gasteiger partial charge in [0.05, 0.1) is 24.8 Å². The van der Waals surface area contributed by atoms with E-state index >= 15 is 0 Å². The lowest BCUT2D eigenvalue weighted by Crippen LogP contribution is -2.57. The maximum Gasteiger partial charge on any atom is 0.420 e. The molecule has 0 spiro atoms. The Labute approximate surface area is 253 Å². The van der Waals surface area contributed by atoms with E-state index in [-0.39, 0.29) is 19.2 Å². The number of carbonyl (C=O) groups is 3. The summed E-state index contributed by atoms with van der Waals surface area (Å²) in [6, 6.07) is 0.00954. The number of ether oxygens (including phenoxy) is 3. The minimum atomic E-state index is -0.814. The molecular weight excluding hydrogens is 556 g/mol. The molecule has 236 valence electrons. The molecule has 1 aliphatic rings. The lowest BCUT2D eigenvalue weighted by molar-refractivity contribution is -0.000316. The van der Waals surface area contributed by atoms with Crippen LogP contribution in [0.1, 0.15) is 64.4 Å². The van der Waals surface area contributed by atoms with Gasteiger partial charge in [-0.15, -0.1) is 0 Å². The van der Waals surface area contributed by atoms with Gasteiger partial charge in [0.25, 0.3) is 0 Å². The van der Waals surface area contributed by atoms with Crippen LogP contribution in [0.2, 0.25) is 0 Å². The molecule has 2 amide bonds. The highest BCUT2D eigenvalue weighted by Gasteiger charge is 2.33. The van der Waals surface area contributed by atoms with E-state index in [1.165, 1.54) is 12.4 Å². The second-order valence-electron chi connectivity index (χ2n) is 12.5. The molecule has 1 atom stereocenters. The summed E-state index contributed by atoms with van der Waals surface area (Å²) in [5.74, 6) is 0.594. The standard InChI is InChI=1S/C29H44N8O6/c1-10-41-23(38)21-15-32-25(33-16-21)36-12-11-35(19-22(36)18-34(8)9)24-30-13-20(14-31-24)17-37(26(39)42-28(2,3)4)27(40)43-29(5,6)7/h13-16,22H,10-12,17-19H2,1-9H3/t22-/m0/s1. The predicted octanol–water partition coefficient (Wildman–Crippen LogP) is 3.37. The molecule has 3 rings (SSSR count). The van der Waals surface area contributed by atoms with Crippen molar-refractivity contribution >= 4 is 30.1 Å². The van der Waals surface area contributed by atoms with Crippen molar-refractivity contribution < 1.29 is 28.6 Å². The number of rotatable bonds is 8. The number of nitrogens with zero attached hydrogens (tertiary/aromatic N) is 8. The average Bonchev–Trinajstić information content (AvgIpc) is 2.90. The Morgan fingerprint density at radius 1 is 0.860 bits per heavy atom. The van der Waals surface area contributed by atoms with Gasteiger partial charge in [0.15, 0.2) is 0 Å². The van der Waals surface area contributed by atoms with E-state index in [2.05, 4.69) is 34.6 Å². The van der Waals surface area contributed by atoms with E-state index in [0.717, 1.165) is 11.4 Å². The second kappa shape index (κ2) is 13.9. The summed E-state index contributed by atoms with van der Waals surface area (Å²) in [6.45, 7) is 14.8. The Morgan fingerprint density at radius 2 is 1.40 bits per heavy atom. The quantitative estimate of drug-likeness (QED) is 0.323. The molecular formula is C29H44N8O6. The van der Waals surface area contributed by atoms with Crippen LogP contribution in [0.4, 0.5) is 21.5 Å². The number of amides is 2. The smallest absolute Gasteiger partial charge is 0.420 e. The number of aromatic nitrogens is 4. The molecule has 0 radical (unpaired) electrons. The molecule has 2 aromatic heterocycles. The maximum atomic E-state index is 12.9. The molecule has 1 aliphatic heterocycles. The van der Waals surface area contributed by atoms with Crippen LogP contribution in [0.15, 0.2) is 24.8 Å². The molecule has 43 heavy (non-hydrogen) atoms. The largest absolute Gasteiger partial charge is 0.462 e. The first-order valence-corrected chi connectivity index (χ1v) is 14.3. The Bertz CT molecular complexity index is 1210. The first-order chi connectivity index (χ1) is 20.1. The number of anilines is 2. The van der Waals surface area contributed by atoms with Crippen molar-refractivity contribution in [2.75, 3.05) is 56.7 Å². The third-order valence-corrected chi connectivity index (χ3v) is 6.01. The van der Waals surface area contributed by atoms with Gasteiger partial charge in [-0.25, -0.2) is 39.2 Å². The molecule has 2 aromatic rings. The second-order valence-corrected chi connectivity index (χ2v) is 12.5. The zero-order valence-electron chi connectivity index (χ0n) is 26.7. The zero-order valence-corrected chi connectivity index (χ0v) is 26.7. The molecule has 1 saturated heterocycles. The fourth-order valence-corrected chi connectivity index (χ4v) is 4.28. The van der Waals surface area contributed by atoms with Crippen LogP contribution >= 0.6 is 0 Å². The van der Waals surface area contributed by atoms with Gasteiger partial charge in [-0.1, -0.05) is 0 Å². The van der Waals surface area contributed by atoms with Crippen LogP contribution in [0.5, 0.6) is 0 Å². The molecule has 0 N–H and O–H groups in total. The predicted molar refractivity (Wildman–Crippen MR) is 160 cm³/mol. The van der Waals surface area contributed by atoms with Crippen molar-refractivity contribution in [1.29, 1.82) is 0 Å². The van der Waals surface area contributed by atoms with Crippen molar-refractivity contribution in [3.05, 3.63) is 35.9 Å². The van der Waals surface area contributed by atoms with Gasteiger partial charge >= 0.3 is 18.2 Å². The molecule has 0 bridgehead atoms. The molecule has 0 aliphatic carbocycles. The molecule has 1 fully saturated rings. The molecule has 14 heteroatoms. The van der Waals surface area contributed by atoms with Gasteiger partial charge in [-0.05, 0) is 62.6 Å². The summed E-state index contributed by atoms with van der Waals surface area (Å²) in [7, 11) is 3.99. The summed E-state index contributed by atoms with van der Waals surface area (Å²) in [4.78, 5) is 62.9. The Balaban J connectivity index is 1.74. The van der Waals surface area contributed by atoms with E-state index in [1.54, 1.807) is 60.9 Å². The molecule has 0 aromatic carbocycles. The molecule has 0 unspecified atom stereocenters. The van der Waals surface area contributed by atoms with Gasteiger partial charge in [-0.2, -0.15) is 0 Å². The lowest BCUT2D eigenvalue weighted by atomic mass is 10.1. The fourth-order valence-electron chi connectivity index (χ4n) is 4.28. The van der Waals surface area contributed by atoms with Crippen molar-refractivity contribution in [1.82, 2.24) is 29.7 Å². The van der Waals surface area contributed by atoms with Gasteiger partial charge < -0.3 is 28.9 Å². The van der Waals surface area contributed by atoms with Crippen LogP contribution in [0.25, 0.3) is 0 Å². The Morgan fingerprint density at radius 3 is 1.88 bits per heavy atom. The van der Waals surface area contributed by atoms with Gasteiger partial charge in [0.2, 0.25) is 11.9 Å². The number of hydrogen-bond donors (Lipinski definition) is 0. The molecule has 0 saturated carbocycles. The number of hydrogen-bond acceptors (Lipinski definition) is 13. The minimum Gasteiger partial charge on any atom is -0.462 e. The van der Waals surface area contributed by atoms with Crippen LogP contribution < -0.4 is 9.80 Å². The van der Waals surface area contributed by atoms with Crippen molar-refractivity contribution in [2.45, 2.75) is 72.3 Å².